The summed E-state index contributed by atoms with van der Waals surface area (Å²) in [4.78, 5) is 5.28. The highest BCUT2D eigenvalue weighted by Crippen LogP contribution is 2.53. The summed E-state index contributed by atoms with van der Waals surface area (Å²) in [6.45, 7) is 18.8. The molecule has 0 saturated carbocycles. The molecule has 0 fully saturated rings. The molecule has 13 rings (SSSR count). The number of nitrogens with zero attached hydrogens (tertiary/aromatic N) is 3. The predicted octanol–water partition coefficient (Wildman–Crippen LogP) is 15.1. The highest BCUT2D eigenvalue weighted by atomic mass is 15.2. The molecule has 4 heteroatoms. The first-order chi connectivity index (χ1) is 32.9. The van der Waals surface area contributed by atoms with Crippen molar-refractivity contribution in [2.24, 2.45) is 0 Å². The number of allylic oxidation sites excluding steroid dienone is 4. The number of hydrogen-bond acceptors (Lipinski definition) is 2. The van der Waals surface area contributed by atoms with Crippen LogP contribution in [0.1, 0.15) is 86.4 Å². The fraction of sp³-hybridized carbons (Fsp3) is 0.188. The fourth-order valence-electron chi connectivity index (χ4n) is 12.6. The zero-order chi connectivity index (χ0) is 46.4. The first-order valence-corrected chi connectivity index (χ1v) is 24.6. The number of aryl methyl sites for hydroxylation is 3. The molecule has 1 aromatic heterocycles. The summed E-state index contributed by atoms with van der Waals surface area (Å²) >= 11 is 0. The van der Waals surface area contributed by atoms with E-state index in [1.54, 1.807) is 0 Å². The summed E-state index contributed by atoms with van der Waals surface area (Å²) in [5.41, 5.74) is 28.1. The molecule has 2 aliphatic heterocycles. The number of fused-ring (bicyclic) bond motifs is 10. The van der Waals surface area contributed by atoms with Gasteiger partial charge in [-0.1, -0.05) is 138 Å². The van der Waals surface area contributed by atoms with Crippen LogP contribution in [0.3, 0.4) is 0 Å². The first kappa shape index (κ1) is 40.9. The van der Waals surface area contributed by atoms with Gasteiger partial charge in [0.05, 0.1) is 16.7 Å². The number of anilines is 6. The van der Waals surface area contributed by atoms with Gasteiger partial charge >= 0.3 is 0 Å². The highest BCUT2D eigenvalue weighted by molar-refractivity contribution is 7.00. The number of aromatic nitrogens is 1. The third-order valence-electron chi connectivity index (χ3n) is 15.8. The Morgan fingerprint density at radius 3 is 2.01 bits per heavy atom. The predicted molar refractivity (Wildman–Crippen MR) is 292 cm³/mol. The van der Waals surface area contributed by atoms with Gasteiger partial charge in [-0.25, -0.2) is 0 Å². The fourth-order valence-corrected chi connectivity index (χ4v) is 12.6. The summed E-state index contributed by atoms with van der Waals surface area (Å²) in [5, 5.41) is 2.54. The Labute approximate surface area is 401 Å². The van der Waals surface area contributed by atoms with Crippen molar-refractivity contribution >= 4 is 84.6 Å². The molecule has 0 spiro atoms. The molecule has 2 aliphatic carbocycles. The molecule has 0 amide bonds. The summed E-state index contributed by atoms with van der Waals surface area (Å²) in [6, 6.07) is 58.5. The van der Waals surface area contributed by atoms with Crippen LogP contribution in [0.15, 0.2) is 170 Å². The standard InChI is InChI=1S/C64H56BN3/c1-39-31-59-61-60(32-39)68(62-40(2)33-43(34-41(62)3)42-19-11-9-12-20-42)58-38-56-50(49-24-16-18-26-55(49)66(56)45-21-13-10-14-22-45)37-54(58)65(61)53-30-27-44(63(4,5)6)35-57(53)67(59)46-28-29-48-47-23-15-17-25-51(47)64(7,8)52(48)36-46/h10-11,13-38H,9,12H2,1-8H3. The van der Waals surface area contributed by atoms with E-state index in [0.29, 0.717) is 0 Å². The van der Waals surface area contributed by atoms with Crippen LogP contribution in [-0.2, 0) is 10.8 Å². The van der Waals surface area contributed by atoms with Crippen molar-refractivity contribution in [2.75, 3.05) is 9.80 Å². The lowest BCUT2D eigenvalue weighted by Crippen LogP contribution is -2.61. The largest absolute Gasteiger partial charge is 0.311 e. The smallest absolute Gasteiger partial charge is 0.252 e. The minimum absolute atomic E-state index is 0.0112. The molecule has 0 saturated heterocycles. The van der Waals surface area contributed by atoms with Gasteiger partial charge in [0, 0.05) is 50.3 Å². The van der Waals surface area contributed by atoms with E-state index in [0.717, 1.165) is 12.8 Å². The molecule has 0 N–H and O–H groups in total. The second-order valence-corrected chi connectivity index (χ2v) is 21.5. The molecule has 330 valence electrons. The first-order valence-electron chi connectivity index (χ1n) is 24.6. The van der Waals surface area contributed by atoms with E-state index < -0.39 is 0 Å². The van der Waals surface area contributed by atoms with E-state index in [2.05, 4.69) is 240 Å². The number of benzene rings is 8. The maximum absolute atomic E-state index is 2.65. The molecule has 3 nitrogen and oxygen atoms in total. The molecule has 9 aromatic rings. The second kappa shape index (κ2) is 14.6. The van der Waals surface area contributed by atoms with Gasteiger partial charge in [-0.15, -0.1) is 0 Å². The summed E-state index contributed by atoms with van der Waals surface area (Å²) < 4.78 is 2.48. The lowest BCUT2D eigenvalue weighted by molar-refractivity contribution is 0.590. The Kier molecular flexibility index (Phi) is 8.79. The summed E-state index contributed by atoms with van der Waals surface area (Å²) in [6.07, 6.45) is 9.22. The minimum atomic E-state index is -0.132. The molecule has 8 aromatic carbocycles. The van der Waals surface area contributed by atoms with Gasteiger partial charge in [0.15, 0.2) is 0 Å². The normalized spacial score (nSPS) is 15.3. The Balaban J connectivity index is 1.13. The number of hydrogen-bond donors (Lipinski definition) is 0. The van der Waals surface area contributed by atoms with Crippen LogP contribution in [0, 0.1) is 20.8 Å². The maximum atomic E-state index is 2.65. The van der Waals surface area contributed by atoms with Crippen LogP contribution in [-0.4, -0.2) is 11.3 Å². The Hall–Kier alpha value is -7.30. The van der Waals surface area contributed by atoms with Crippen molar-refractivity contribution in [1.29, 1.82) is 0 Å². The zero-order valence-corrected chi connectivity index (χ0v) is 40.5. The van der Waals surface area contributed by atoms with Gasteiger partial charge in [0.25, 0.3) is 6.71 Å². The summed E-state index contributed by atoms with van der Waals surface area (Å²) in [5.74, 6) is 0. The quantitative estimate of drug-likeness (QED) is 0.163. The van der Waals surface area contributed by atoms with Gasteiger partial charge in [0.1, 0.15) is 0 Å². The van der Waals surface area contributed by atoms with Crippen LogP contribution in [0.2, 0.25) is 0 Å². The molecular formula is C64H56BN3. The zero-order valence-electron chi connectivity index (χ0n) is 40.5. The Bertz CT molecular complexity index is 3660. The lowest BCUT2D eigenvalue weighted by atomic mass is 9.33. The minimum Gasteiger partial charge on any atom is -0.311 e. The highest BCUT2D eigenvalue weighted by Gasteiger charge is 2.45. The van der Waals surface area contributed by atoms with E-state index in [-0.39, 0.29) is 17.5 Å². The van der Waals surface area contributed by atoms with Gasteiger partial charge in [-0.2, -0.15) is 0 Å². The van der Waals surface area contributed by atoms with Crippen LogP contribution >= 0.6 is 0 Å². The Morgan fingerprint density at radius 1 is 0.544 bits per heavy atom. The van der Waals surface area contributed by atoms with E-state index in [4.69, 9.17) is 0 Å². The van der Waals surface area contributed by atoms with E-state index in [1.807, 2.05) is 0 Å². The van der Waals surface area contributed by atoms with E-state index in [9.17, 15) is 0 Å². The van der Waals surface area contributed by atoms with E-state index >= 15 is 0 Å². The van der Waals surface area contributed by atoms with Crippen molar-refractivity contribution in [1.82, 2.24) is 4.57 Å². The second-order valence-electron chi connectivity index (χ2n) is 21.5. The van der Waals surface area contributed by atoms with Gasteiger partial charge < -0.3 is 14.4 Å². The monoisotopic (exact) mass is 877 g/mol. The van der Waals surface area contributed by atoms with Gasteiger partial charge in [-0.05, 0) is 178 Å². The summed E-state index contributed by atoms with van der Waals surface area (Å²) in [7, 11) is 0. The van der Waals surface area contributed by atoms with Crippen LogP contribution < -0.4 is 26.2 Å². The van der Waals surface area contributed by atoms with Crippen molar-refractivity contribution < 1.29 is 0 Å². The van der Waals surface area contributed by atoms with Crippen LogP contribution in [0.4, 0.5) is 34.1 Å². The molecule has 0 unspecified atom stereocenters. The average Bonchev–Trinajstić information content (AvgIpc) is 3.78. The third-order valence-corrected chi connectivity index (χ3v) is 15.8. The Morgan fingerprint density at radius 2 is 1.25 bits per heavy atom. The van der Waals surface area contributed by atoms with Gasteiger partial charge in [-0.3, -0.25) is 0 Å². The van der Waals surface area contributed by atoms with Crippen molar-refractivity contribution in [2.45, 2.75) is 79.1 Å². The van der Waals surface area contributed by atoms with Crippen LogP contribution in [0.5, 0.6) is 0 Å². The van der Waals surface area contributed by atoms with Crippen molar-refractivity contribution in [3.63, 3.8) is 0 Å². The van der Waals surface area contributed by atoms with Crippen LogP contribution in [0.25, 0.3) is 44.2 Å². The van der Waals surface area contributed by atoms with E-state index in [1.165, 1.54) is 134 Å². The molecule has 0 radical (unpaired) electrons. The maximum Gasteiger partial charge on any atom is 0.252 e. The van der Waals surface area contributed by atoms with Crippen molar-refractivity contribution in [3.8, 4) is 16.8 Å². The third kappa shape index (κ3) is 5.86. The van der Waals surface area contributed by atoms with Crippen molar-refractivity contribution in [3.05, 3.63) is 209 Å². The molecule has 68 heavy (non-hydrogen) atoms. The molecule has 0 bridgehead atoms. The number of rotatable bonds is 4. The lowest BCUT2D eigenvalue weighted by Gasteiger charge is -2.45. The number of para-hydroxylation sites is 2. The molecule has 4 aliphatic rings. The SMILES string of the molecule is Cc1cc2c3c(c1)N(c1c(C)cc(C4=CCCC=C4)cc1C)c1cc4c(cc1B3c1ccc(C(C)(C)C)cc1N2c1ccc2c(c1)C(C)(C)c1ccccc1-2)c1ccccc1n4-c1ccccc1. The van der Waals surface area contributed by atoms with Gasteiger partial charge in [0.2, 0.25) is 0 Å². The average molecular weight is 878 g/mol. The molecular weight excluding hydrogens is 822 g/mol. The topological polar surface area (TPSA) is 11.4 Å². The molecule has 0 atom stereocenters. The molecule has 3 heterocycles.